The van der Waals surface area contributed by atoms with Crippen molar-refractivity contribution in [2.24, 2.45) is 0 Å². The van der Waals surface area contributed by atoms with Gasteiger partial charge in [-0.2, -0.15) is 0 Å². The molecular formula is C16H31N3O2. The lowest BCUT2D eigenvalue weighted by atomic mass is 10.0. The summed E-state index contributed by atoms with van der Waals surface area (Å²) in [4.78, 5) is 16.8. The summed E-state index contributed by atoms with van der Waals surface area (Å²) in [5.41, 5.74) is 0. The Morgan fingerprint density at radius 2 is 2.10 bits per heavy atom. The van der Waals surface area contributed by atoms with Gasteiger partial charge in [0.15, 0.2) is 0 Å². The van der Waals surface area contributed by atoms with E-state index in [0.717, 1.165) is 58.1 Å². The first-order valence-corrected chi connectivity index (χ1v) is 8.53. The Kier molecular flexibility index (Phi) is 6.77. The van der Waals surface area contributed by atoms with E-state index in [9.17, 15) is 4.79 Å². The first kappa shape index (κ1) is 16.6. The van der Waals surface area contributed by atoms with Gasteiger partial charge >= 0.3 is 6.03 Å². The number of hydrogen-bond donors (Lipinski definition) is 1. The zero-order chi connectivity index (χ0) is 15.1. The van der Waals surface area contributed by atoms with E-state index in [2.05, 4.69) is 17.1 Å². The molecule has 1 unspecified atom stereocenters. The molecule has 1 atom stereocenters. The molecule has 1 aliphatic heterocycles. The first-order valence-electron chi connectivity index (χ1n) is 8.53. The van der Waals surface area contributed by atoms with Crippen molar-refractivity contribution in [3.05, 3.63) is 0 Å². The van der Waals surface area contributed by atoms with Gasteiger partial charge in [0.1, 0.15) is 0 Å². The molecule has 21 heavy (non-hydrogen) atoms. The first-order chi connectivity index (χ1) is 10.3. The van der Waals surface area contributed by atoms with E-state index >= 15 is 0 Å². The summed E-state index contributed by atoms with van der Waals surface area (Å²) in [5.74, 6) is 0. The molecule has 0 bridgehead atoms. The third-order valence-corrected chi connectivity index (χ3v) is 4.68. The average molecular weight is 297 g/mol. The number of nitrogens with one attached hydrogen (secondary N) is 1. The lowest BCUT2D eigenvalue weighted by Gasteiger charge is -2.35. The number of piperidine rings is 1. The van der Waals surface area contributed by atoms with Crippen molar-refractivity contribution >= 4 is 6.03 Å². The Balaban J connectivity index is 1.69. The lowest BCUT2D eigenvalue weighted by molar-refractivity contribution is 0.137. The van der Waals surface area contributed by atoms with Gasteiger partial charge in [-0.25, -0.2) is 4.79 Å². The van der Waals surface area contributed by atoms with Crippen LogP contribution in [0.5, 0.6) is 0 Å². The maximum atomic E-state index is 12.3. The smallest absolute Gasteiger partial charge is 0.317 e. The highest BCUT2D eigenvalue weighted by molar-refractivity contribution is 5.74. The molecule has 0 aromatic rings. The number of methoxy groups -OCH3 is 1. The molecule has 0 aromatic carbocycles. The van der Waals surface area contributed by atoms with Crippen molar-refractivity contribution in [2.75, 3.05) is 39.9 Å². The van der Waals surface area contributed by atoms with Gasteiger partial charge in [-0.05, 0) is 38.5 Å². The minimum Gasteiger partial charge on any atom is -0.383 e. The van der Waals surface area contributed by atoms with Crippen LogP contribution in [-0.2, 0) is 4.74 Å². The molecule has 0 radical (unpaired) electrons. The Labute approximate surface area is 129 Å². The summed E-state index contributed by atoms with van der Waals surface area (Å²) in [7, 11) is 1.74. The summed E-state index contributed by atoms with van der Waals surface area (Å²) < 4.78 is 5.16. The van der Waals surface area contributed by atoms with Gasteiger partial charge < -0.3 is 15.0 Å². The van der Waals surface area contributed by atoms with E-state index in [0.29, 0.717) is 6.04 Å². The van der Waals surface area contributed by atoms with Crippen LogP contribution in [-0.4, -0.2) is 67.8 Å². The van der Waals surface area contributed by atoms with Crippen LogP contribution in [0, 0.1) is 0 Å². The Morgan fingerprint density at radius 3 is 2.76 bits per heavy atom. The second kappa shape index (κ2) is 8.59. The van der Waals surface area contributed by atoms with Gasteiger partial charge in [-0.1, -0.05) is 6.92 Å². The molecule has 0 spiro atoms. The fourth-order valence-electron chi connectivity index (χ4n) is 3.23. The van der Waals surface area contributed by atoms with Crippen LogP contribution in [0.1, 0.15) is 45.4 Å². The van der Waals surface area contributed by atoms with E-state index in [1.807, 2.05) is 4.90 Å². The molecule has 2 amide bonds. The molecule has 1 saturated carbocycles. The van der Waals surface area contributed by atoms with Crippen molar-refractivity contribution < 1.29 is 9.53 Å². The van der Waals surface area contributed by atoms with Crippen molar-refractivity contribution in [2.45, 2.75) is 57.5 Å². The largest absolute Gasteiger partial charge is 0.383 e. The summed E-state index contributed by atoms with van der Waals surface area (Å²) >= 11 is 0. The molecule has 2 rings (SSSR count). The number of carbonyl (C=O) groups is 1. The Bertz CT molecular complexity index is 321. The molecule has 5 heteroatoms. The third-order valence-electron chi connectivity index (χ3n) is 4.68. The molecule has 122 valence electrons. The lowest BCUT2D eigenvalue weighted by Crippen LogP contribution is -2.50. The number of hydrogen-bond acceptors (Lipinski definition) is 3. The van der Waals surface area contributed by atoms with Crippen molar-refractivity contribution in [1.82, 2.24) is 15.1 Å². The maximum absolute atomic E-state index is 12.3. The highest BCUT2D eigenvalue weighted by atomic mass is 16.5. The SMILES string of the molecule is CCC1CCCCN1C(=O)NCCN(CCOC)C1CC1. The summed E-state index contributed by atoms with van der Waals surface area (Å²) in [6.07, 6.45) is 7.21. The molecule has 2 aliphatic rings. The Morgan fingerprint density at radius 1 is 1.29 bits per heavy atom. The Hall–Kier alpha value is -0.810. The maximum Gasteiger partial charge on any atom is 0.317 e. The van der Waals surface area contributed by atoms with Crippen molar-refractivity contribution in [3.63, 3.8) is 0 Å². The van der Waals surface area contributed by atoms with Crippen molar-refractivity contribution in [3.8, 4) is 0 Å². The second-order valence-corrected chi connectivity index (χ2v) is 6.24. The zero-order valence-electron chi connectivity index (χ0n) is 13.6. The fraction of sp³-hybridized carbons (Fsp3) is 0.938. The highest BCUT2D eigenvalue weighted by Gasteiger charge is 2.29. The monoisotopic (exact) mass is 297 g/mol. The average Bonchev–Trinajstić information content (AvgIpc) is 3.35. The molecular weight excluding hydrogens is 266 g/mol. The molecule has 1 heterocycles. The number of nitrogens with zero attached hydrogens (tertiary/aromatic N) is 2. The molecule has 1 N–H and O–H groups in total. The number of urea groups is 1. The van der Waals surface area contributed by atoms with Crippen LogP contribution in [0.3, 0.4) is 0 Å². The highest BCUT2D eigenvalue weighted by Crippen LogP contribution is 2.26. The normalized spacial score (nSPS) is 22.6. The second-order valence-electron chi connectivity index (χ2n) is 6.24. The predicted molar refractivity (Wildman–Crippen MR) is 84.5 cm³/mol. The summed E-state index contributed by atoms with van der Waals surface area (Å²) in [6, 6.07) is 1.28. The van der Waals surface area contributed by atoms with Crippen LogP contribution in [0.4, 0.5) is 4.79 Å². The number of rotatable bonds is 8. The zero-order valence-corrected chi connectivity index (χ0v) is 13.6. The summed E-state index contributed by atoms with van der Waals surface area (Å²) in [5, 5.41) is 3.11. The number of amides is 2. The van der Waals surface area contributed by atoms with Gasteiger partial charge in [0.2, 0.25) is 0 Å². The standard InChI is InChI=1S/C16H31N3O2/c1-3-14-6-4-5-10-19(14)16(20)17-9-11-18(12-13-21-2)15-7-8-15/h14-15H,3-13H2,1-2H3,(H,17,20). The number of likely N-dealkylation sites (tertiary alicyclic amines) is 1. The fourth-order valence-corrected chi connectivity index (χ4v) is 3.23. The van der Waals surface area contributed by atoms with E-state index in [1.54, 1.807) is 7.11 Å². The van der Waals surface area contributed by atoms with E-state index in [1.165, 1.54) is 19.3 Å². The number of ether oxygens (including phenoxy) is 1. The van der Waals surface area contributed by atoms with Gasteiger partial charge in [0.05, 0.1) is 6.61 Å². The van der Waals surface area contributed by atoms with Gasteiger partial charge in [-0.3, -0.25) is 4.90 Å². The van der Waals surface area contributed by atoms with Crippen LogP contribution in [0.2, 0.25) is 0 Å². The molecule has 1 saturated heterocycles. The predicted octanol–water partition coefficient (Wildman–Crippen LogP) is 2.07. The van der Waals surface area contributed by atoms with Crippen LogP contribution in [0.15, 0.2) is 0 Å². The number of carbonyl (C=O) groups excluding carboxylic acids is 1. The molecule has 2 fully saturated rings. The van der Waals surface area contributed by atoms with Gasteiger partial charge in [-0.15, -0.1) is 0 Å². The molecule has 1 aliphatic carbocycles. The minimum atomic E-state index is 0.129. The van der Waals surface area contributed by atoms with E-state index in [4.69, 9.17) is 4.74 Å². The van der Waals surface area contributed by atoms with Crippen LogP contribution >= 0.6 is 0 Å². The molecule has 0 aromatic heterocycles. The third kappa shape index (κ3) is 5.15. The van der Waals surface area contributed by atoms with Crippen molar-refractivity contribution in [1.29, 1.82) is 0 Å². The quantitative estimate of drug-likeness (QED) is 0.746. The summed E-state index contributed by atoms with van der Waals surface area (Å²) in [6.45, 7) is 6.51. The van der Waals surface area contributed by atoms with Crippen LogP contribution in [0.25, 0.3) is 0 Å². The van der Waals surface area contributed by atoms with Gasteiger partial charge in [0, 0.05) is 45.4 Å². The minimum absolute atomic E-state index is 0.129. The van der Waals surface area contributed by atoms with Crippen LogP contribution < -0.4 is 5.32 Å². The molecule has 5 nitrogen and oxygen atoms in total. The van der Waals surface area contributed by atoms with E-state index < -0.39 is 0 Å². The van der Waals surface area contributed by atoms with Gasteiger partial charge in [0.25, 0.3) is 0 Å². The topological polar surface area (TPSA) is 44.8 Å². The van der Waals surface area contributed by atoms with E-state index in [-0.39, 0.29) is 6.03 Å².